The van der Waals surface area contributed by atoms with E-state index in [9.17, 15) is 8.78 Å². The molecule has 0 radical (unpaired) electrons. The zero-order chi connectivity index (χ0) is 17.5. The fourth-order valence-electron chi connectivity index (χ4n) is 4.65. The van der Waals surface area contributed by atoms with E-state index >= 15 is 0 Å². The van der Waals surface area contributed by atoms with Crippen LogP contribution in [0, 0.1) is 0 Å². The molecule has 2 saturated carbocycles. The second-order valence-electron chi connectivity index (χ2n) is 8.52. The van der Waals surface area contributed by atoms with Gasteiger partial charge >= 0.3 is 0 Å². The summed E-state index contributed by atoms with van der Waals surface area (Å²) in [6.45, 7) is 8.27. The number of rotatable bonds is 4. The monoisotopic (exact) mass is 402 g/mol. The lowest BCUT2D eigenvalue weighted by atomic mass is 9.96. The first-order chi connectivity index (χ1) is 10.4. The van der Waals surface area contributed by atoms with Crippen molar-refractivity contribution < 1.29 is 12.9 Å². The fraction of sp³-hybridized carbons (Fsp3) is 1.00. The van der Waals surface area contributed by atoms with Crippen LogP contribution >= 0.6 is 23.2 Å². The zero-order valence-electron chi connectivity index (χ0n) is 14.7. The third kappa shape index (κ3) is 4.52. The predicted molar refractivity (Wildman–Crippen MR) is 99.9 cm³/mol. The average molecular weight is 403 g/mol. The molecule has 0 spiro atoms. The van der Waals surface area contributed by atoms with E-state index < -0.39 is 32.4 Å². The number of halogens is 4. The van der Waals surface area contributed by atoms with Crippen molar-refractivity contribution >= 4 is 39.8 Å². The Morgan fingerprint density at radius 3 is 1.87 bits per heavy atom. The molecule has 3 unspecified atom stereocenters. The van der Waals surface area contributed by atoms with E-state index in [0.717, 1.165) is 25.7 Å². The molecule has 0 amide bonds. The summed E-state index contributed by atoms with van der Waals surface area (Å²) in [7, 11) is -4.78. The van der Waals surface area contributed by atoms with Crippen LogP contribution < -0.4 is 0 Å². The Balaban J connectivity index is 2.43. The highest BCUT2D eigenvalue weighted by Crippen LogP contribution is 2.60. The van der Waals surface area contributed by atoms with E-state index in [1.165, 1.54) is 0 Å². The third-order valence-corrected chi connectivity index (χ3v) is 15.2. The summed E-state index contributed by atoms with van der Waals surface area (Å²) in [6.07, 6.45) is 5.52. The highest BCUT2D eigenvalue weighted by atomic mass is 35.5. The Kier molecular flexibility index (Phi) is 6.01. The van der Waals surface area contributed by atoms with Crippen LogP contribution in [-0.4, -0.2) is 26.9 Å². The first kappa shape index (κ1) is 20.1. The van der Waals surface area contributed by atoms with Crippen LogP contribution in [0.25, 0.3) is 0 Å². The van der Waals surface area contributed by atoms with Gasteiger partial charge in [0.2, 0.25) is 0 Å². The van der Waals surface area contributed by atoms with E-state index in [1.54, 1.807) is 0 Å². The highest BCUT2D eigenvalue weighted by Gasteiger charge is 2.62. The number of hydrogen-bond acceptors (Lipinski definition) is 1. The maximum atomic E-state index is 14.8. The van der Waals surface area contributed by atoms with Crippen LogP contribution in [0.2, 0.25) is 37.3 Å². The molecule has 2 aliphatic carbocycles. The Bertz CT molecular complexity index is 399. The lowest BCUT2D eigenvalue weighted by molar-refractivity contribution is -0.0398. The van der Waals surface area contributed by atoms with Crippen molar-refractivity contribution in [1.82, 2.24) is 0 Å². The molecule has 3 atom stereocenters. The smallest absolute Gasteiger partial charge is 0.250 e. The fourth-order valence-corrected chi connectivity index (χ4v) is 16.9. The molecular weight excluding hydrogens is 373 g/mol. The Morgan fingerprint density at radius 1 is 0.870 bits per heavy atom. The van der Waals surface area contributed by atoms with Crippen molar-refractivity contribution in [2.75, 3.05) is 0 Å². The second-order valence-corrected chi connectivity index (χ2v) is 18.9. The van der Waals surface area contributed by atoms with Crippen molar-refractivity contribution in [3.05, 3.63) is 0 Å². The molecule has 0 heterocycles. The normalized spacial score (nSPS) is 33.9. The molecule has 2 rings (SSSR count). The highest BCUT2D eigenvalue weighted by molar-refractivity contribution is 6.87. The van der Waals surface area contributed by atoms with Crippen molar-refractivity contribution in [3.63, 3.8) is 0 Å². The van der Waals surface area contributed by atoms with Crippen molar-refractivity contribution in [2.24, 2.45) is 0 Å². The Labute approximate surface area is 151 Å². The molecule has 23 heavy (non-hydrogen) atoms. The molecule has 1 nitrogen and oxygen atoms in total. The van der Waals surface area contributed by atoms with Gasteiger partial charge in [0, 0.05) is 17.5 Å². The summed E-state index contributed by atoms with van der Waals surface area (Å²) in [6, 6.07) is 0. The van der Waals surface area contributed by atoms with Crippen LogP contribution in [0.1, 0.15) is 51.4 Å². The van der Waals surface area contributed by atoms with E-state index in [-0.39, 0.29) is 12.0 Å². The quantitative estimate of drug-likeness (QED) is 0.359. The average Bonchev–Trinajstić information content (AvgIpc) is 2.34. The standard InChI is InChI=1S/C16H30Cl2F2OSi2/c1-22(2,3)21-23(4,13-9-5-7-11-15(13,17)18)14-10-6-8-12-16(14,19)20/h13-14H,5-12H2,1-4H3. The summed E-state index contributed by atoms with van der Waals surface area (Å²) < 4.78 is 35.4. The van der Waals surface area contributed by atoms with Gasteiger partial charge in [-0.3, -0.25) is 0 Å². The molecule has 0 aromatic rings. The molecule has 2 aliphatic rings. The molecule has 0 aromatic carbocycles. The summed E-state index contributed by atoms with van der Waals surface area (Å²) in [5, 5.41) is 0. The van der Waals surface area contributed by atoms with E-state index in [4.69, 9.17) is 27.3 Å². The van der Waals surface area contributed by atoms with Crippen LogP contribution in [0.15, 0.2) is 0 Å². The molecule has 0 N–H and O–H groups in total. The van der Waals surface area contributed by atoms with Crippen LogP contribution in [-0.2, 0) is 4.12 Å². The maximum Gasteiger partial charge on any atom is 0.250 e. The summed E-state index contributed by atoms with van der Waals surface area (Å²) in [5.74, 6) is -2.64. The first-order valence-electron chi connectivity index (χ1n) is 8.84. The van der Waals surface area contributed by atoms with E-state index in [0.29, 0.717) is 19.3 Å². The first-order valence-corrected chi connectivity index (χ1v) is 15.6. The van der Waals surface area contributed by atoms with E-state index in [2.05, 4.69) is 19.6 Å². The van der Waals surface area contributed by atoms with Gasteiger partial charge in [0.15, 0.2) is 16.6 Å². The van der Waals surface area contributed by atoms with Gasteiger partial charge in [-0.2, -0.15) is 0 Å². The largest absolute Gasteiger partial charge is 0.455 e. The van der Waals surface area contributed by atoms with Crippen LogP contribution in [0.4, 0.5) is 8.78 Å². The molecule has 136 valence electrons. The summed E-state index contributed by atoms with van der Waals surface area (Å²) in [5.41, 5.74) is -0.761. The molecule has 0 aliphatic heterocycles. The van der Waals surface area contributed by atoms with Crippen molar-refractivity contribution in [2.45, 2.75) is 98.9 Å². The van der Waals surface area contributed by atoms with Gasteiger partial charge in [-0.25, -0.2) is 8.78 Å². The lowest BCUT2D eigenvalue weighted by Crippen LogP contribution is -2.60. The maximum absolute atomic E-state index is 14.8. The molecule has 2 fully saturated rings. The summed E-state index contributed by atoms with van der Waals surface area (Å²) in [4.78, 5) is 0. The Morgan fingerprint density at radius 2 is 1.39 bits per heavy atom. The van der Waals surface area contributed by atoms with Crippen molar-refractivity contribution in [1.29, 1.82) is 0 Å². The lowest BCUT2D eigenvalue weighted by Gasteiger charge is -2.53. The van der Waals surface area contributed by atoms with Gasteiger partial charge in [0.1, 0.15) is 4.33 Å². The zero-order valence-corrected chi connectivity index (χ0v) is 18.2. The molecule has 0 saturated heterocycles. The van der Waals surface area contributed by atoms with Gasteiger partial charge in [-0.05, 0) is 51.9 Å². The SMILES string of the molecule is C[Si](C)(C)O[Si](C)(C1CCCCC1(F)F)C1CCCCC1(Cl)Cl. The van der Waals surface area contributed by atoms with Gasteiger partial charge in [0.05, 0.1) is 0 Å². The van der Waals surface area contributed by atoms with Gasteiger partial charge in [-0.1, -0.05) is 19.3 Å². The van der Waals surface area contributed by atoms with E-state index in [1.807, 2.05) is 6.55 Å². The third-order valence-electron chi connectivity index (χ3n) is 5.44. The minimum absolute atomic E-state index is 0.0143. The van der Waals surface area contributed by atoms with Gasteiger partial charge in [-0.15, -0.1) is 23.2 Å². The summed E-state index contributed by atoms with van der Waals surface area (Å²) >= 11 is 13.3. The van der Waals surface area contributed by atoms with Crippen molar-refractivity contribution in [3.8, 4) is 0 Å². The molecule has 7 heteroatoms. The molecule has 0 bridgehead atoms. The minimum atomic E-state index is -2.81. The minimum Gasteiger partial charge on any atom is -0.455 e. The Hall–Kier alpha value is 0.834. The molecular formula is C16H30Cl2F2OSi2. The topological polar surface area (TPSA) is 9.23 Å². The number of hydrogen-bond donors (Lipinski definition) is 0. The second kappa shape index (κ2) is 6.86. The van der Waals surface area contributed by atoms with Crippen LogP contribution in [0.3, 0.4) is 0 Å². The predicted octanol–water partition coefficient (Wildman–Crippen LogP) is 7.11. The molecule has 0 aromatic heterocycles. The number of alkyl halides is 4. The van der Waals surface area contributed by atoms with Gasteiger partial charge < -0.3 is 4.12 Å². The van der Waals surface area contributed by atoms with Gasteiger partial charge in [0.25, 0.3) is 5.92 Å². The van der Waals surface area contributed by atoms with Crippen LogP contribution in [0.5, 0.6) is 0 Å².